The number of aromatic nitrogens is 4. The van der Waals surface area contributed by atoms with E-state index in [1.54, 1.807) is 32.8 Å². The van der Waals surface area contributed by atoms with Crippen LogP contribution in [0.3, 0.4) is 0 Å². The topological polar surface area (TPSA) is 91.2 Å². The Morgan fingerprint density at radius 3 is 2.68 bits per heavy atom. The molecule has 0 saturated carbocycles. The molecule has 0 spiro atoms. The zero-order chi connectivity index (χ0) is 23.9. The number of rotatable bonds is 10. The summed E-state index contributed by atoms with van der Waals surface area (Å²) in [5.41, 5.74) is 5.00. The molecule has 1 amide bonds. The zero-order valence-electron chi connectivity index (χ0n) is 19.4. The van der Waals surface area contributed by atoms with E-state index in [4.69, 9.17) is 14.5 Å². The van der Waals surface area contributed by atoms with Gasteiger partial charge in [-0.1, -0.05) is 12.1 Å². The highest BCUT2D eigenvalue weighted by atomic mass is 32.1. The molecule has 9 heteroatoms. The molecule has 3 aromatic heterocycles. The normalized spacial score (nSPS) is 10.9. The van der Waals surface area contributed by atoms with Crippen LogP contribution in [-0.4, -0.2) is 52.8 Å². The first-order valence-corrected chi connectivity index (χ1v) is 11.8. The predicted molar refractivity (Wildman–Crippen MR) is 132 cm³/mol. The molecule has 0 radical (unpaired) electrons. The number of amides is 1. The van der Waals surface area contributed by atoms with E-state index in [1.807, 2.05) is 42.6 Å². The predicted octanol–water partition coefficient (Wildman–Crippen LogP) is 4.20. The van der Waals surface area contributed by atoms with Crippen molar-refractivity contribution in [1.82, 2.24) is 24.8 Å². The highest BCUT2D eigenvalue weighted by Crippen LogP contribution is 2.31. The highest BCUT2D eigenvalue weighted by Gasteiger charge is 2.21. The Hall–Kier alpha value is -3.56. The van der Waals surface area contributed by atoms with Crippen LogP contribution in [0.2, 0.25) is 0 Å². The molecule has 0 aliphatic carbocycles. The number of nitrogens with one attached hydrogen (secondary N) is 1. The first-order valence-electron chi connectivity index (χ1n) is 10.9. The lowest BCUT2D eigenvalue weighted by Gasteiger charge is -2.12. The molecule has 1 aromatic carbocycles. The van der Waals surface area contributed by atoms with Gasteiger partial charge in [-0.2, -0.15) is 0 Å². The maximum atomic E-state index is 13.0. The van der Waals surface area contributed by atoms with E-state index in [1.165, 1.54) is 11.3 Å². The fourth-order valence-corrected chi connectivity index (χ4v) is 4.41. The summed E-state index contributed by atoms with van der Waals surface area (Å²) >= 11 is 1.50. The van der Waals surface area contributed by atoms with E-state index in [9.17, 15) is 4.79 Å². The molecule has 4 rings (SSSR count). The number of nitrogens with zero attached hydrogens (tertiary/aromatic N) is 4. The molecule has 34 heavy (non-hydrogen) atoms. The number of methoxy groups -OCH3 is 2. The van der Waals surface area contributed by atoms with Gasteiger partial charge in [0.25, 0.3) is 5.91 Å². The quantitative estimate of drug-likeness (QED) is 0.344. The molecular weight excluding hydrogens is 450 g/mol. The molecule has 0 bridgehead atoms. The average Bonchev–Trinajstić information content (AvgIpc) is 3.48. The SMILES string of the molecule is COCCCNC(=O)c1cc(-c2csc(-c3cnccn3)n2)n(Cc2ccc(OC)cc2)c1C. The lowest BCUT2D eigenvalue weighted by Crippen LogP contribution is -2.25. The van der Waals surface area contributed by atoms with Gasteiger partial charge >= 0.3 is 0 Å². The number of carbonyl (C=O) groups is 1. The maximum absolute atomic E-state index is 13.0. The van der Waals surface area contributed by atoms with Crippen LogP contribution in [0.15, 0.2) is 54.3 Å². The molecule has 0 unspecified atom stereocenters. The fourth-order valence-electron chi connectivity index (χ4n) is 3.64. The molecular formula is C25H27N5O3S. The lowest BCUT2D eigenvalue weighted by molar-refractivity contribution is 0.0948. The largest absolute Gasteiger partial charge is 0.497 e. The Morgan fingerprint density at radius 1 is 1.15 bits per heavy atom. The number of hydrogen-bond donors (Lipinski definition) is 1. The van der Waals surface area contributed by atoms with Crippen molar-refractivity contribution in [3.05, 3.63) is 71.1 Å². The molecule has 1 N–H and O–H groups in total. The second-order valence-electron chi connectivity index (χ2n) is 7.69. The standard InChI is InChI=1S/C25H27N5O3S/c1-17-20(24(31)28-9-4-12-32-2)13-23(30(17)15-18-5-7-19(33-3)8-6-18)22-16-34-25(29-22)21-14-26-10-11-27-21/h5-8,10-11,13-14,16H,4,9,12,15H2,1-3H3,(H,28,31). The maximum Gasteiger partial charge on any atom is 0.253 e. The number of carbonyl (C=O) groups excluding carboxylic acids is 1. The van der Waals surface area contributed by atoms with E-state index in [0.29, 0.717) is 25.3 Å². The van der Waals surface area contributed by atoms with Crippen molar-refractivity contribution < 1.29 is 14.3 Å². The second kappa shape index (κ2) is 11.0. The first-order chi connectivity index (χ1) is 16.6. The zero-order valence-corrected chi connectivity index (χ0v) is 20.3. The lowest BCUT2D eigenvalue weighted by atomic mass is 10.2. The van der Waals surface area contributed by atoms with E-state index >= 15 is 0 Å². The minimum absolute atomic E-state index is 0.104. The Kier molecular flexibility index (Phi) is 7.66. The van der Waals surface area contributed by atoms with Gasteiger partial charge in [-0.3, -0.25) is 14.8 Å². The number of hydrogen-bond acceptors (Lipinski definition) is 7. The molecule has 4 aromatic rings. The van der Waals surface area contributed by atoms with Crippen molar-refractivity contribution >= 4 is 17.2 Å². The Labute approximate surface area is 202 Å². The van der Waals surface area contributed by atoms with Gasteiger partial charge in [-0.05, 0) is 37.1 Å². The van der Waals surface area contributed by atoms with Crippen LogP contribution in [0.25, 0.3) is 22.1 Å². The van der Waals surface area contributed by atoms with Crippen LogP contribution >= 0.6 is 11.3 Å². The van der Waals surface area contributed by atoms with Gasteiger partial charge in [0, 0.05) is 50.3 Å². The van der Waals surface area contributed by atoms with Gasteiger partial charge in [0.2, 0.25) is 0 Å². The number of ether oxygens (including phenoxy) is 2. The van der Waals surface area contributed by atoms with Gasteiger partial charge < -0.3 is 19.4 Å². The summed E-state index contributed by atoms with van der Waals surface area (Å²) < 4.78 is 12.5. The van der Waals surface area contributed by atoms with Crippen molar-refractivity contribution in [2.45, 2.75) is 19.9 Å². The van der Waals surface area contributed by atoms with Crippen LogP contribution in [0.1, 0.15) is 28.0 Å². The first kappa shape index (κ1) is 23.6. The fraction of sp³-hybridized carbons (Fsp3) is 0.280. The Balaban J connectivity index is 1.68. The Morgan fingerprint density at radius 2 is 1.97 bits per heavy atom. The molecule has 3 heterocycles. The molecule has 0 aliphatic heterocycles. The van der Waals surface area contributed by atoms with E-state index in [2.05, 4.69) is 19.9 Å². The molecule has 0 aliphatic rings. The summed E-state index contributed by atoms with van der Waals surface area (Å²) in [6, 6.07) is 9.84. The van der Waals surface area contributed by atoms with Gasteiger partial charge in [0.1, 0.15) is 16.5 Å². The van der Waals surface area contributed by atoms with Gasteiger partial charge in [0.15, 0.2) is 0 Å². The van der Waals surface area contributed by atoms with E-state index < -0.39 is 0 Å². The third-order valence-corrected chi connectivity index (χ3v) is 6.34. The summed E-state index contributed by atoms with van der Waals surface area (Å²) in [6.45, 7) is 3.72. The van der Waals surface area contributed by atoms with Crippen molar-refractivity contribution in [3.8, 4) is 27.8 Å². The minimum atomic E-state index is -0.104. The van der Waals surface area contributed by atoms with Gasteiger partial charge in [-0.25, -0.2) is 4.98 Å². The third kappa shape index (κ3) is 5.32. The van der Waals surface area contributed by atoms with Crippen LogP contribution in [0.4, 0.5) is 0 Å². The molecule has 8 nitrogen and oxygen atoms in total. The summed E-state index contributed by atoms with van der Waals surface area (Å²) in [7, 11) is 3.30. The second-order valence-corrected chi connectivity index (χ2v) is 8.55. The summed E-state index contributed by atoms with van der Waals surface area (Å²) in [4.78, 5) is 26.3. The van der Waals surface area contributed by atoms with Gasteiger partial charge in [-0.15, -0.1) is 11.3 Å². The van der Waals surface area contributed by atoms with Crippen LogP contribution in [0, 0.1) is 6.92 Å². The van der Waals surface area contributed by atoms with E-state index in [0.717, 1.165) is 45.5 Å². The van der Waals surface area contributed by atoms with Crippen LogP contribution in [0.5, 0.6) is 5.75 Å². The smallest absolute Gasteiger partial charge is 0.253 e. The van der Waals surface area contributed by atoms with Crippen molar-refractivity contribution in [2.24, 2.45) is 0 Å². The molecule has 176 valence electrons. The van der Waals surface area contributed by atoms with Crippen LogP contribution in [-0.2, 0) is 11.3 Å². The van der Waals surface area contributed by atoms with Gasteiger partial charge in [0.05, 0.1) is 30.3 Å². The number of thiazole rings is 1. The Bertz CT molecular complexity index is 1240. The minimum Gasteiger partial charge on any atom is -0.497 e. The summed E-state index contributed by atoms with van der Waals surface area (Å²) in [5.74, 6) is 0.699. The molecule has 0 atom stereocenters. The van der Waals surface area contributed by atoms with Crippen LogP contribution < -0.4 is 10.1 Å². The molecule has 0 fully saturated rings. The van der Waals surface area contributed by atoms with Crippen molar-refractivity contribution in [3.63, 3.8) is 0 Å². The van der Waals surface area contributed by atoms with Crippen molar-refractivity contribution in [1.29, 1.82) is 0 Å². The summed E-state index contributed by atoms with van der Waals surface area (Å²) in [6.07, 6.45) is 5.75. The molecule has 0 saturated heterocycles. The van der Waals surface area contributed by atoms with E-state index in [-0.39, 0.29) is 5.91 Å². The third-order valence-electron chi connectivity index (χ3n) is 5.47. The van der Waals surface area contributed by atoms with Crippen molar-refractivity contribution in [2.75, 3.05) is 27.4 Å². The monoisotopic (exact) mass is 477 g/mol. The summed E-state index contributed by atoms with van der Waals surface area (Å²) in [5, 5.41) is 5.76. The highest BCUT2D eigenvalue weighted by molar-refractivity contribution is 7.13. The average molecular weight is 478 g/mol. The number of benzene rings is 1.